The molecular weight excluding hydrogens is 136 g/mol. The van der Waals surface area contributed by atoms with E-state index in [0.29, 0.717) is 0 Å². The third-order valence-corrected chi connectivity index (χ3v) is 1.14. The fourth-order valence-electron chi connectivity index (χ4n) is 0.226. The minimum absolute atomic E-state index is 0.00694. The van der Waals surface area contributed by atoms with Crippen molar-refractivity contribution in [3.05, 3.63) is 11.5 Å². The van der Waals surface area contributed by atoms with Crippen LogP contribution >= 0.6 is 11.8 Å². The smallest absolute Gasteiger partial charge is 0.190 e. The Bertz CT molecular complexity index is 149. The molecule has 9 heavy (non-hydrogen) atoms. The molecule has 0 atom stereocenters. The van der Waals surface area contributed by atoms with Gasteiger partial charge in [0.15, 0.2) is 10.9 Å². The van der Waals surface area contributed by atoms with Crippen LogP contribution in [-0.2, 0) is 9.59 Å². The fourth-order valence-corrected chi connectivity index (χ4v) is 0.677. The lowest BCUT2D eigenvalue weighted by atomic mass is 10.5. The van der Waals surface area contributed by atoms with Gasteiger partial charge in [0.05, 0.1) is 0 Å². The number of thioether (sulfide) groups is 1. The molecule has 0 aliphatic rings. The average Bonchev–Trinajstić information content (AvgIpc) is 1.63. The normalized spacial score (nSPS) is 10.0. The zero-order valence-corrected chi connectivity index (χ0v) is 6.20. The third-order valence-electron chi connectivity index (χ3n) is 0.537. The summed E-state index contributed by atoms with van der Waals surface area (Å²) in [6.07, 6.45) is 1.37. The van der Waals surface area contributed by atoms with Crippen LogP contribution in [0.2, 0.25) is 0 Å². The van der Waals surface area contributed by atoms with Crippen LogP contribution < -0.4 is 0 Å². The van der Waals surface area contributed by atoms with Crippen molar-refractivity contribution in [2.75, 3.05) is 0 Å². The number of hydrogen-bond donors (Lipinski definition) is 0. The second-order valence-corrected chi connectivity index (χ2v) is 2.61. The number of rotatable bonds is 2. The summed E-state index contributed by atoms with van der Waals surface area (Å²) >= 11 is 1.02. The van der Waals surface area contributed by atoms with Crippen LogP contribution in [0.5, 0.6) is 0 Å². The number of hydrogen-bond acceptors (Lipinski definition) is 3. The van der Waals surface area contributed by atoms with Gasteiger partial charge in [0.25, 0.3) is 0 Å². The Morgan fingerprint density at radius 3 is 2.22 bits per heavy atom. The van der Waals surface area contributed by atoms with Crippen LogP contribution in [0.3, 0.4) is 0 Å². The number of carbonyl (C=O) groups excluding carboxylic acids is 2. The van der Waals surface area contributed by atoms with Gasteiger partial charge in [0, 0.05) is 6.92 Å². The first-order chi connectivity index (χ1) is 4.13. The van der Waals surface area contributed by atoms with Crippen LogP contribution in [-0.4, -0.2) is 10.9 Å². The lowest BCUT2D eigenvalue weighted by Crippen LogP contribution is -1.80. The van der Waals surface area contributed by atoms with E-state index < -0.39 is 0 Å². The van der Waals surface area contributed by atoms with Crippen molar-refractivity contribution in [1.29, 1.82) is 0 Å². The Morgan fingerprint density at radius 1 is 1.33 bits per heavy atom. The van der Waals surface area contributed by atoms with Crippen LogP contribution in [0, 0.1) is 0 Å². The third kappa shape index (κ3) is 7.43. The molecule has 0 aromatic rings. The average molecular weight is 144 g/mol. The van der Waals surface area contributed by atoms with Crippen LogP contribution in [0.4, 0.5) is 0 Å². The number of carbonyl (C=O) groups is 2. The molecule has 0 radical (unpaired) electrons. The Morgan fingerprint density at radius 2 is 1.89 bits per heavy atom. The summed E-state index contributed by atoms with van der Waals surface area (Å²) in [5.74, 6) is -0.0382. The maximum atomic E-state index is 10.2. The molecule has 0 heterocycles. The minimum Gasteiger partial charge on any atom is -0.295 e. The molecule has 0 rings (SSSR count). The van der Waals surface area contributed by atoms with Crippen molar-refractivity contribution in [2.24, 2.45) is 0 Å². The first kappa shape index (κ1) is 8.43. The summed E-state index contributed by atoms with van der Waals surface area (Å²) in [7, 11) is 0. The highest BCUT2D eigenvalue weighted by molar-refractivity contribution is 8.16. The van der Waals surface area contributed by atoms with Gasteiger partial charge in [-0.25, -0.2) is 0 Å². The van der Waals surface area contributed by atoms with Crippen LogP contribution in [0.1, 0.15) is 13.8 Å². The molecule has 0 aliphatic carbocycles. The maximum Gasteiger partial charge on any atom is 0.190 e. The van der Waals surface area contributed by atoms with Gasteiger partial charge in [0.2, 0.25) is 0 Å². The standard InChI is InChI=1S/C6H8O2S/c1-5(7)3-4-9-6(2)8/h3-4H,1-2H3. The SMILES string of the molecule is CC(=O)C=CSC(C)=O. The van der Waals surface area contributed by atoms with Gasteiger partial charge in [-0.2, -0.15) is 0 Å². The molecule has 2 nitrogen and oxygen atoms in total. The molecule has 0 saturated carbocycles. The van der Waals surface area contributed by atoms with Gasteiger partial charge in [-0.15, -0.1) is 0 Å². The monoisotopic (exact) mass is 144 g/mol. The highest BCUT2D eigenvalue weighted by Crippen LogP contribution is 2.01. The Labute approximate surface area is 58.3 Å². The molecule has 0 spiro atoms. The predicted octanol–water partition coefficient (Wildman–Crippen LogP) is 1.37. The van der Waals surface area contributed by atoms with Crippen molar-refractivity contribution >= 4 is 22.7 Å². The van der Waals surface area contributed by atoms with E-state index in [1.165, 1.54) is 25.3 Å². The highest BCUT2D eigenvalue weighted by Gasteiger charge is 1.86. The van der Waals surface area contributed by atoms with Crippen molar-refractivity contribution in [3.63, 3.8) is 0 Å². The first-order valence-electron chi connectivity index (χ1n) is 2.47. The zero-order valence-electron chi connectivity index (χ0n) is 5.38. The van der Waals surface area contributed by atoms with Gasteiger partial charge in [-0.3, -0.25) is 9.59 Å². The lowest BCUT2D eigenvalue weighted by molar-refractivity contribution is -0.112. The molecule has 0 aromatic carbocycles. The van der Waals surface area contributed by atoms with Gasteiger partial charge in [0.1, 0.15) is 0 Å². The maximum absolute atomic E-state index is 10.2. The van der Waals surface area contributed by atoms with Crippen molar-refractivity contribution in [3.8, 4) is 0 Å². The molecule has 0 N–H and O–H groups in total. The molecule has 50 valence electrons. The molecule has 0 saturated heterocycles. The van der Waals surface area contributed by atoms with E-state index in [9.17, 15) is 9.59 Å². The molecule has 3 heteroatoms. The number of allylic oxidation sites excluding steroid dienone is 1. The minimum atomic E-state index is -0.0382. The summed E-state index contributed by atoms with van der Waals surface area (Å²) in [6.45, 7) is 2.90. The second-order valence-electron chi connectivity index (χ2n) is 1.52. The fraction of sp³-hybridized carbons (Fsp3) is 0.333. The lowest BCUT2D eigenvalue weighted by Gasteiger charge is -1.80. The molecule has 0 aliphatic heterocycles. The van der Waals surface area contributed by atoms with E-state index in [1.54, 1.807) is 0 Å². The van der Waals surface area contributed by atoms with E-state index in [4.69, 9.17) is 0 Å². The van der Waals surface area contributed by atoms with Gasteiger partial charge in [-0.05, 0) is 18.4 Å². The predicted molar refractivity (Wildman–Crippen MR) is 38.1 cm³/mol. The van der Waals surface area contributed by atoms with E-state index >= 15 is 0 Å². The molecule has 0 aromatic heterocycles. The molecule has 0 unspecified atom stereocenters. The summed E-state index contributed by atoms with van der Waals surface area (Å²) in [4.78, 5) is 20.4. The van der Waals surface area contributed by atoms with Gasteiger partial charge in [-0.1, -0.05) is 11.8 Å². The molecule has 0 bridgehead atoms. The van der Waals surface area contributed by atoms with E-state index in [2.05, 4.69) is 0 Å². The highest BCUT2D eigenvalue weighted by atomic mass is 32.2. The molecule has 0 amide bonds. The van der Waals surface area contributed by atoms with Crippen LogP contribution in [0.25, 0.3) is 0 Å². The Kier molecular flexibility index (Phi) is 4.05. The topological polar surface area (TPSA) is 34.1 Å². The molecule has 0 fully saturated rings. The van der Waals surface area contributed by atoms with E-state index in [0.717, 1.165) is 11.8 Å². The van der Waals surface area contributed by atoms with Gasteiger partial charge < -0.3 is 0 Å². The number of ketones is 1. The summed E-state index contributed by atoms with van der Waals surface area (Å²) in [6, 6.07) is 0. The Balaban J connectivity index is 3.48. The van der Waals surface area contributed by atoms with E-state index in [1.807, 2.05) is 0 Å². The summed E-state index contributed by atoms with van der Waals surface area (Å²) in [5, 5.41) is 1.48. The zero-order chi connectivity index (χ0) is 7.28. The van der Waals surface area contributed by atoms with Gasteiger partial charge >= 0.3 is 0 Å². The second kappa shape index (κ2) is 4.32. The quantitative estimate of drug-likeness (QED) is 0.549. The first-order valence-corrected chi connectivity index (χ1v) is 3.35. The van der Waals surface area contributed by atoms with Crippen molar-refractivity contribution in [1.82, 2.24) is 0 Å². The van der Waals surface area contributed by atoms with Crippen LogP contribution in [0.15, 0.2) is 11.5 Å². The summed E-state index contributed by atoms with van der Waals surface area (Å²) < 4.78 is 0. The Hall–Kier alpha value is -0.570. The summed E-state index contributed by atoms with van der Waals surface area (Å²) in [5.41, 5.74) is 0. The van der Waals surface area contributed by atoms with Crippen molar-refractivity contribution < 1.29 is 9.59 Å². The van der Waals surface area contributed by atoms with Crippen molar-refractivity contribution in [2.45, 2.75) is 13.8 Å². The largest absolute Gasteiger partial charge is 0.295 e. The van der Waals surface area contributed by atoms with E-state index in [-0.39, 0.29) is 10.9 Å². The molecular formula is C6H8O2S.